The summed E-state index contributed by atoms with van der Waals surface area (Å²) in [5.74, 6) is 0. The van der Waals surface area contributed by atoms with Crippen molar-refractivity contribution < 1.29 is 4.79 Å². The highest BCUT2D eigenvalue weighted by Gasteiger charge is 2.08. The molecule has 0 unspecified atom stereocenters. The van der Waals surface area contributed by atoms with Crippen molar-refractivity contribution in [1.82, 2.24) is 15.0 Å². The first-order valence-corrected chi connectivity index (χ1v) is 4.55. The standard InChI is InChI=1S/C7H3BrClN3O/c8-5-6(9)12-7-4(11-5)3(2-13)1-10-7/h1-2H,(H,10,12). The zero-order valence-electron chi connectivity index (χ0n) is 6.21. The van der Waals surface area contributed by atoms with Crippen LogP contribution in [-0.4, -0.2) is 21.2 Å². The molecule has 66 valence electrons. The lowest BCUT2D eigenvalue weighted by atomic mass is 10.3. The fourth-order valence-corrected chi connectivity index (χ4v) is 1.39. The molecule has 0 radical (unpaired) electrons. The molecule has 4 nitrogen and oxygen atoms in total. The molecule has 0 saturated heterocycles. The fourth-order valence-electron chi connectivity index (χ4n) is 1.00. The zero-order valence-corrected chi connectivity index (χ0v) is 8.56. The minimum Gasteiger partial charge on any atom is -0.344 e. The summed E-state index contributed by atoms with van der Waals surface area (Å²) in [6.45, 7) is 0. The Balaban J connectivity index is 2.84. The summed E-state index contributed by atoms with van der Waals surface area (Å²) >= 11 is 8.84. The molecule has 0 aliphatic carbocycles. The predicted octanol–water partition coefficient (Wildman–Crippen LogP) is 2.19. The molecule has 0 fully saturated rings. The number of hydrogen-bond donors (Lipinski definition) is 1. The van der Waals surface area contributed by atoms with Gasteiger partial charge >= 0.3 is 0 Å². The van der Waals surface area contributed by atoms with Crippen molar-refractivity contribution in [2.24, 2.45) is 0 Å². The molecule has 0 amide bonds. The van der Waals surface area contributed by atoms with Gasteiger partial charge in [0.25, 0.3) is 0 Å². The van der Waals surface area contributed by atoms with E-state index in [9.17, 15) is 4.79 Å². The van der Waals surface area contributed by atoms with Crippen molar-refractivity contribution in [3.8, 4) is 0 Å². The van der Waals surface area contributed by atoms with Crippen molar-refractivity contribution >= 4 is 45.0 Å². The minimum atomic E-state index is 0.270. The van der Waals surface area contributed by atoms with E-state index < -0.39 is 0 Å². The number of aromatic nitrogens is 3. The molecule has 0 saturated carbocycles. The Bertz CT molecular complexity index is 482. The number of hydrogen-bond acceptors (Lipinski definition) is 3. The van der Waals surface area contributed by atoms with Crippen molar-refractivity contribution in [3.05, 3.63) is 21.5 Å². The number of carbonyl (C=O) groups is 1. The molecule has 2 aromatic rings. The first kappa shape index (κ1) is 8.65. The van der Waals surface area contributed by atoms with Gasteiger partial charge in [0.1, 0.15) is 10.1 Å². The van der Waals surface area contributed by atoms with Crippen LogP contribution in [-0.2, 0) is 0 Å². The fraction of sp³-hybridized carbons (Fsp3) is 0. The van der Waals surface area contributed by atoms with Gasteiger partial charge in [-0.3, -0.25) is 4.79 Å². The van der Waals surface area contributed by atoms with Gasteiger partial charge in [0.15, 0.2) is 17.1 Å². The van der Waals surface area contributed by atoms with Crippen LogP contribution in [0.5, 0.6) is 0 Å². The Morgan fingerprint density at radius 3 is 3.00 bits per heavy atom. The van der Waals surface area contributed by atoms with E-state index in [-0.39, 0.29) is 5.15 Å². The average Bonchev–Trinajstić information content (AvgIpc) is 2.48. The number of nitrogens with zero attached hydrogens (tertiary/aromatic N) is 2. The second-order valence-electron chi connectivity index (χ2n) is 2.36. The highest BCUT2D eigenvalue weighted by atomic mass is 79.9. The van der Waals surface area contributed by atoms with Gasteiger partial charge in [-0.15, -0.1) is 0 Å². The smallest absolute Gasteiger partial charge is 0.164 e. The van der Waals surface area contributed by atoms with Gasteiger partial charge in [0, 0.05) is 6.20 Å². The number of aromatic amines is 1. The Morgan fingerprint density at radius 1 is 1.54 bits per heavy atom. The van der Waals surface area contributed by atoms with Crippen LogP contribution < -0.4 is 0 Å². The molecule has 2 rings (SSSR count). The second-order valence-corrected chi connectivity index (χ2v) is 3.47. The Morgan fingerprint density at radius 2 is 2.31 bits per heavy atom. The third-order valence-electron chi connectivity index (χ3n) is 1.58. The summed E-state index contributed by atoms with van der Waals surface area (Å²) in [5, 5.41) is 0.270. The molecular formula is C7H3BrClN3O. The summed E-state index contributed by atoms with van der Waals surface area (Å²) in [7, 11) is 0. The van der Waals surface area contributed by atoms with E-state index in [1.807, 2.05) is 0 Å². The molecule has 0 spiro atoms. The van der Waals surface area contributed by atoms with E-state index in [1.165, 1.54) is 0 Å². The van der Waals surface area contributed by atoms with Crippen LogP contribution in [0.4, 0.5) is 0 Å². The number of carbonyl (C=O) groups excluding carboxylic acids is 1. The van der Waals surface area contributed by atoms with Crippen LogP contribution in [0.3, 0.4) is 0 Å². The predicted molar refractivity (Wildman–Crippen MR) is 52.0 cm³/mol. The maximum Gasteiger partial charge on any atom is 0.164 e. The third kappa shape index (κ3) is 1.34. The Labute approximate surface area is 86.5 Å². The van der Waals surface area contributed by atoms with Gasteiger partial charge in [0.2, 0.25) is 0 Å². The largest absolute Gasteiger partial charge is 0.344 e. The number of H-pyrrole nitrogens is 1. The molecule has 0 aliphatic heterocycles. The summed E-state index contributed by atoms with van der Waals surface area (Å²) in [4.78, 5) is 21.4. The molecule has 2 aromatic heterocycles. The normalized spacial score (nSPS) is 10.6. The summed E-state index contributed by atoms with van der Waals surface area (Å²) in [6, 6.07) is 0. The molecule has 1 N–H and O–H groups in total. The van der Waals surface area contributed by atoms with Crippen molar-refractivity contribution in [2.45, 2.75) is 0 Å². The van der Waals surface area contributed by atoms with Crippen LogP contribution in [0.25, 0.3) is 11.2 Å². The quantitative estimate of drug-likeness (QED) is 0.800. The highest BCUT2D eigenvalue weighted by molar-refractivity contribution is 9.10. The van der Waals surface area contributed by atoms with Crippen LogP contribution >= 0.6 is 27.5 Å². The van der Waals surface area contributed by atoms with Gasteiger partial charge < -0.3 is 4.98 Å². The lowest BCUT2D eigenvalue weighted by Gasteiger charge is -1.94. The lowest BCUT2D eigenvalue weighted by molar-refractivity contribution is 0.112. The van der Waals surface area contributed by atoms with Crippen LogP contribution in [0, 0.1) is 0 Å². The van der Waals surface area contributed by atoms with Gasteiger partial charge in [-0.25, -0.2) is 9.97 Å². The first-order valence-electron chi connectivity index (χ1n) is 3.37. The van der Waals surface area contributed by atoms with Crippen LogP contribution in [0.1, 0.15) is 10.4 Å². The van der Waals surface area contributed by atoms with Gasteiger partial charge in [-0.1, -0.05) is 11.6 Å². The van der Waals surface area contributed by atoms with Crippen molar-refractivity contribution in [3.63, 3.8) is 0 Å². The average molecular weight is 260 g/mol. The zero-order chi connectivity index (χ0) is 9.42. The van der Waals surface area contributed by atoms with E-state index in [0.29, 0.717) is 27.6 Å². The minimum absolute atomic E-state index is 0.270. The maximum absolute atomic E-state index is 10.5. The molecule has 0 bridgehead atoms. The summed E-state index contributed by atoms with van der Waals surface area (Å²) < 4.78 is 0.435. The lowest BCUT2D eigenvalue weighted by Crippen LogP contribution is -1.86. The van der Waals surface area contributed by atoms with Crippen molar-refractivity contribution in [1.29, 1.82) is 0 Å². The van der Waals surface area contributed by atoms with Gasteiger partial charge in [0.05, 0.1) is 5.56 Å². The molecule has 0 aliphatic rings. The number of halogens is 2. The monoisotopic (exact) mass is 259 g/mol. The van der Waals surface area contributed by atoms with E-state index in [1.54, 1.807) is 6.20 Å². The Hall–Kier alpha value is -0.940. The van der Waals surface area contributed by atoms with Gasteiger partial charge in [-0.2, -0.15) is 0 Å². The summed E-state index contributed by atoms with van der Waals surface area (Å²) in [6.07, 6.45) is 2.26. The molecule has 13 heavy (non-hydrogen) atoms. The first-order chi connectivity index (χ1) is 6.22. The van der Waals surface area contributed by atoms with E-state index in [2.05, 4.69) is 30.9 Å². The van der Waals surface area contributed by atoms with E-state index in [0.717, 1.165) is 0 Å². The summed E-state index contributed by atoms with van der Waals surface area (Å²) in [5.41, 5.74) is 1.50. The molecular weight excluding hydrogens is 257 g/mol. The third-order valence-corrected chi connectivity index (χ3v) is 2.62. The molecule has 6 heteroatoms. The molecule has 0 atom stereocenters. The number of rotatable bonds is 1. The van der Waals surface area contributed by atoms with Gasteiger partial charge in [-0.05, 0) is 15.9 Å². The van der Waals surface area contributed by atoms with E-state index >= 15 is 0 Å². The highest BCUT2D eigenvalue weighted by Crippen LogP contribution is 2.22. The molecule has 2 heterocycles. The van der Waals surface area contributed by atoms with Crippen LogP contribution in [0.2, 0.25) is 5.15 Å². The van der Waals surface area contributed by atoms with Crippen molar-refractivity contribution in [2.75, 3.05) is 0 Å². The number of aldehydes is 1. The molecule has 0 aromatic carbocycles. The Kier molecular flexibility index (Phi) is 2.05. The van der Waals surface area contributed by atoms with Crippen LogP contribution in [0.15, 0.2) is 10.8 Å². The number of nitrogens with one attached hydrogen (secondary N) is 1. The van der Waals surface area contributed by atoms with E-state index in [4.69, 9.17) is 11.6 Å². The maximum atomic E-state index is 10.5. The second kappa shape index (κ2) is 3.08. The SMILES string of the molecule is O=Cc1c[nH]c2nc(Cl)c(Br)nc12. The number of fused-ring (bicyclic) bond motifs is 1. The topological polar surface area (TPSA) is 58.6 Å².